The summed E-state index contributed by atoms with van der Waals surface area (Å²) in [4.78, 5) is 31.6. The maximum atomic E-state index is 13.1. The van der Waals surface area contributed by atoms with Crippen molar-refractivity contribution in [1.82, 2.24) is 15.1 Å². The number of H-pyrrole nitrogens is 1. The van der Waals surface area contributed by atoms with Gasteiger partial charge < -0.3 is 14.5 Å². The molecule has 8 nitrogen and oxygen atoms in total. The molecule has 0 aliphatic carbocycles. The van der Waals surface area contributed by atoms with Crippen LogP contribution in [0.2, 0.25) is 0 Å². The van der Waals surface area contributed by atoms with Gasteiger partial charge in [-0.1, -0.05) is 18.2 Å². The standard InChI is InChI=1S/C23H25N5O3/c1-31-18-6-4-5-17(14-18)26-9-11-27(12-10-26)23(30)16-13-21(29)28(15-16)22-19-7-2-3-8-20(19)24-25-22/h2-8,14,16H,9-13,15H2,1H3,(H,24,25)/t16-/m0/s1. The Morgan fingerprint density at radius 2 is 1.90 bits per heavy atom. The lowest BCUT2D eigenvalue weighted by Crippen LogP contribution is -2.50. The molecule has 8 heteroatoms. The molecule has 3 aromatic rings. The first-order valence-electron chi connectivity index (χ1n) is 10.6. The van der Waals surface area contributed by atoms with Gasteiger partial charge in [-0.15, -0.1) is 0 Å². The summed E-state index contributed by atoms with van der Waals surface area (Å²) in [6.45, 7) is 3.18. The Labute approximate surface area is 180 Å². The fourth-order valence-corrected chi connectivity index (χ4v) is 4.48. The van der Waals surface area contributed by atoms with Crippen molar-refractivity contribution in [2.45, 2.75) is 6.42 Å². The number of methoxy groups -OCH3 is 1. The van der Waals surface area contributed by atoms with Crippen LogP contribution in [0.1, 0.15) is 6.42 Å². The third kappa shape index (κ3) is 3.58. The number of carbonyl (C=O) groups is 2. The van der Waals surface area contributed by atoms with Gasteiger partial charge in [0, 0.05) is 56.3 Å². The molecule has 0 saturated carbocycles. The Bertz CT molecular complexity index is 1120. The van der Waals surface area contributed by atoms with Gasteiger partial charge in [0.15, 0.2) is 5.82 Å². The molecule has 1 atom stereocenters. The average Bonchev–Trinajstić information content (AvgIpc) is 3.42. The minimum absolute atomic E-state index is 0.0504. The summed E-state index contributed by atoms with van der Waals surface area (Å²) in [6, 6.07) is 15.7. The second kappa shape index (κ2) is 7.94. The molecule has 5 rings (SSSR count). The van der Waals surface area contributed by atoms with Gasteiger partial charge in [-0.05, 0) is 24.3 Å². The highest BCUT2D eigenvalue weighted by Gasteiger charge is 2.39. The van der Waals surface area contributed by atoms with Crippen LogP contribution in [0.3, 0.4) is 0 Å². The number of nitrogens with one attached hydrogen (secondary N) is 1. The molecule has 2 amide bonds. The fourth-order valence-electron chi connectivity index (χ4n) is 4.48. The van der Waals surface area contributed by atoms with Crippen molar-refractivity contribution in [2.75, 3.05) is 49.6 Å². The van der Waals surface area contributed by atoms with Crippen LogP contribution in [-0.2, 0) is 9.59 Å². The molecular weight excluding hydrogens is 394 g/mol. The predicted molar refractivity (Wildman–Crippen MR) is 118 cm³/mol. The molecule has 1 aromatic heterocycles. The highest BCUT2D eigenvalue weighted by Crippen LogP contribution is 2.31. The summed E-state index contributed by atoms with van der Waals surface area (Å²) in [7, 11) is 1.66. The lowest BCUT2D eigenvalue weighted by atomic mass is 10.1. The van der Waals surface area contributed by atoms with Crippen LogP contribution < -0.4 is 14.5 Å². The molecule has 2 fully saturated rings. The van der Waals surface area contributed by atoms with E-state index in [4.69, 9.17) is 4.74 Å². The zero-order chi connectivity index (χ0) is 21.4. The van der Waals surface area contributed by atoms with Crippen molar-refractivity contribution in [3.63, 3.8) is 0 Å². The van der Waals surface area contributed by atoms with E-state index in [1.54, 1.807) is 12.0 Å². The number of para-hydroxylation sites is 1. The molecule has 0 spiro atoms. The molecule has 1 N–H and O–H groups in total. The van der Waals surface area contributed by atoms with Crippen LogP contribution in [0.25, 0.3) is 10.9 Å². The average molecular weight is 419 g/mol. The van der Waals surface area contributed by atoms with Gasteiger partial charge in [0.2, 0.25) is 11.8 Å². The van der Waals surface area contributed by atoms with Gasteiger partial charge in [-0.25, -0.2) is 0 Å². The predicted octanol–water partition coefficient (Wildman–Crippen LogP) is 2.27. The first kappa shape index (κ1) is 19.4. The van der Waals surface area contributed by atoms with E-state index in [0.717, 1.165) is 35.4 Å². The highest BCUT2D eigenvalue weighted by molar-refractivity contribution is 6.05. The lowest BCUT2D eigenvalue weighted by molar-refractivity contribution is -0.136. The van der Waals surface area contributed by atoms with Gasteiger partial charge in [-0.2, -0.15) is 5.10 Å². The van der Waals surface area contributed by atoms with E-state index >= 15 is 0 Å². The van der Waals surface area contributed by atoms with Gasteiger partial charge in [0.05, 0.1) is 18.5 Å². The number of anilines is 2. The number of carbonyl (C=O) groups excluding carboxylic acids is 2. The van der Waals surface area contributed by atoms with Gasteiger partial charge in [0.25, 0.3) is 0 Å². The summed E-state index contributed by atoms with van der Waals surface area (Å²) in [5, 5.41) is 8.20. The monoisotopic (exact) mass is 419 g/mol. The summed E-state index contributed by atoms with van der Waals surface area (Å²) in [5.41, 5.74) is 1.98. The zero-order valence-electron chi connectivity index (χ0n) is 17.5. The number of hydrogen-bond acceptors (Lipinski definition) is 5. The summed E-state index contributed by atoms with van der Waals surface area (Å²) < 4.78 is 5.31. The lowest BCUT2D eigenvalue weighted by Gasteiger charge is -2.37. The number of benzene rings is 2. The van der Waals surface area contributed by atoms with Gasteiger partial charge >= 0.3 is 0 Å². The molecule has 3 heterocycles. The summed E-state index contributed by atoms with van der Waals surface area (Å²) in [5.74, 6) is 1.11. The fraction of sp³-hybridized carbons (Fsp3) is 0.348. The van der Waals surface area contributed by atoms with E-state index in [0.29, 0.717) is 25.5 Å². The van der Waals surface area contributed by atoms with E-state index in [-0.39, 0.29) is 24.2 Å². The smallest absolute Gasteiger partial charge is 0.229 e. The third-order valence-electron chi connectivity index (χ3n) is 6.19. The normalized spacial score (nSPS) is 19.3. The Balaban J connectivity index is 1.24. The molecule has 2 aliphatic rings. The molecule has 2 aliphatic heterocycles. The van der Waals surface area contributed by atoms with Crippen LogP contribution in [0.4, 0.5) is 11.5 Å². The Kier molecular flexibility index (Phi) is 4.97. The van der Waals surface area contributed by atoms with Gasteiger partial charge in [0.1, 0.15) is 5.75 Å². The number of rotatable bonds is 4. The third-order valence-corrected chi connectivity index (χ3v) is 6.19. The van der Waals surface area contributed by atoms with E-state index < -0.39 is 0 Å². The van der Waals surface area contributed by atoms with Crippen molar-refractivity contribution in [2.24, 2.45) is 5.92 Å². The molecule has 2 saturated heterocycles. The molecule has 0 unspecified atom stereocenters. The molecular formula is C23H25N5O3. The number of piperazine rings is 1. The number of hydrogen-bond donors (Lipinski definition) is 1. The Morgan fingerprint density at radius 1 is 1.10 bits per heavy atom. The number of amides is 2. The molecule has 2 aromatic carbocycles. The van der Waals surface area contributed by atoms with Gasteiger partial charge in [-0.3, -0.25) is 19.6 Å². The molecule has 160 valence electrons. The molecule has 31 heavy (non-hydrogen) atoms. The first-order chi connectivity index (χ1) is 15.1. The largest absolute Gasteiger partial charge is 0.497 e. The minimum Gasteiger partial charge on any atom is -0.497 e. The maximum absolute atomic E-state index is 13.1. The zero-order valence-corrected chi connectivity index (χ0v) is 17.5. The van der Waals surface area contributed by atoms with Crippen molar-refractivity contribution < 1.29 is 14.3 Å². The Morgan fingerprint density at radius 3 is 2.71 bits per heavy atom. The number of aromatic nitrogens is 2. The number of fused-ring (bicyclic) bond motifs is 1. The van der Waals surface area contributed by atoms with Crippen molar-refractivity contribution >= 4 is 34.2 Å². The number of nitrogens with zero attached hydrogens (tertiary/aromatic N) is 4. The Hall–Kier alpha value is -3.55. The first-order valence-corrected chi connectivity index (χ1v) is 10.6. The highest BCUT2D eigenvalue weighted by atomic mass is 16.5. The minimum atomic E-state index is -0.327. The summed E-state index contributed by atoms with van der Waals surface area (Å²) >= 11 is 0. The SMILES string of the molecule is COc1cccc(N2CCN(C(=O)[C@H]3CC(=O)N(c4n[nH]c5ccccc45)C3)CC2)c1. The number of aromatic amines is 1. The second-order valence-corrected chi connectivity index (χ2v) is 8.01. The van der Waals surface area contributed by atoms with Crippen molar-refractivity contribution in [1.29, 1.82) is 0 Å². The van der Waals surface area contributed by atoms with E-state index in [1.165, 1.54) is 0 Å². The maximum Gasteiger partial charge on any atom is 0.229 e. The van der Waals surface area contributed by atoms with Crippen LogP contribution in [0.5, 0.6) is 5.75 Å². The molecule has 0 radical (unpaired) electrons. The van der Waals surface area contributed by atoms with E-state index in [2.05, 4.69) is 21.2 Å². The van der Waals surface area contributed by atoms with E-state index in [1.807, 2.05) is 47.4 Å². The van der Waals surface area contributed by atoms with Crippen LogP contribution >= 0.6 is 0 Å². The molecule has 0 bridgehead atoms. The topological polar surface area (TPSA) is 81.8 Å². The van der Waals surface area contributed by atoms with E-state index in [9.17, 15) is 9.59 Å². The quantitative estimate of drug-likeness (QED) is 0.702. The van der Waals surface area contributed by atoms with Crippen molar-refractivity contribution in [3.05, 3.63) is 48.5 Å². The summed E-state index contributed by atoms with van der Waals surface area (Å²) in [6.07, 6.45) is 0.232. The van der Waals surface area contributed by atoms with Crippen LogP contribution in [0.15, 0.2) is 48.5 Å². The van der Waals surface area contributed by atoms with Crippen LogP contribution in [0, 0.1) is 5.92 Å². The van der Waals surface area contributed by atoms with Crippen LogP contribution in [-0.4, -0.2) is 66.7 Å². The second-order valence-electron chi connectivity index (χ2n) is 8.01. The number of ether oxygens (including phenoxy) is 1. The van der Waals surface area contributed by atoms with Crippen molar-refractivity contribution in [3.8, 4) is 5.75 Å².